The summed E-state index contributed by atoms with van der Waals surface area (Å²) in [5.41, 5.74) is 2.33. The van der Waals surface area contributed by atoms with Crippen LogP contribution in [0.3, 0.4) is 0 Å². The van der Waals surface area contributed by atoms with Crippen LogP contribution in [0.5, 0.6) is 0 Å². The molecule has 0 aromatic heterocycles. The molecule has 1 atom stereocenters. The lowest BCUT2D eigenvalue weighted by molar-refractivity contribution is 0.0183. The van der Waals surface area contributed by atoms with Gasteiger partial charge in [0.25, 0.3) is 0 Å². The van der Waals surface area contributed by atoms with Crippen LogP contribution in [-0.2, 0) is 6.42 Å². The molecule has 1 aromatic rings. The maximum atomic E-state index is 10.3. The van der Waals surface area contributed by atoms with Gasteiger partial charge in [-0.3, -0.25) is 0 Å². The van der Waals surface area contributed by atoms with E-state index in [-0.39, 0.29) is 11.6 Å². The van der Waals surface area contributed by atoms with Gasteiger partial charge in [-0.25, -0.2) is 0 Å². The topological polar surface area (TPSA) is 23.5 Å². The zero-order valence-electron chi connectivity index (χ0n) is 12.6. The SMILES string of the molecule is CC(C)c1ccc(CC(O)C(C)(C)N(C)C)cc1. The van der Waals surface area contributed by atoms with E-state index in [9.17, 15) is 5.11 Å². The average Bonchev–Trinajstić information content (AvgIpc) is 2.29. The van der Waals surface area contributed by atoms with Gasteiger partial charge in [0, 0.05) is 12.0 Å². The van der Waals surface area contributed by atoms with E-state index in [0.29, 0.717) is 12.3 Å². The first-order valence-electron chi connectivity index (χ1n) is 6.69. The number of benzene rings is 1. The van der Waals surface area contributed by atoms with Crippen molar-refractivity contribution in [2.75, 3.05) is 14.1 Å². The third kappa shape index (κ3) is 3.56. The van der Waals surface area contributed by atoms with Crippen molar-refractivity contribution in [2.45, 2.75) is 51.7 Å². The minimum absolute atomic E-state index is 0.212. The highest BCUT2D eigenvalue weighted by atomic mass is 16.3. The van der Waals surface area contributed by atoms with Crippen LogP contribution >= 0.6 is 0 Å². The molecule has 0 amide bonds. The van der Waals surface area contributed by atoms with E-state index in [0.717, 1.165) is 0 Å². The predicted octanol–water partition coefficient (Wildman–Crippen LogP) is 3.05. The Morgan fingerprint density at radius 3 is 2.00 bits per heavy atom. The lowest BCUT2D eigenvalue weighted by Gasteiger charge is -2.37. The van der Waals surface area contributed by atoms with E-state index >= 15 is 0 Å². The first-order valence-corrected chi connectivity index (χ1v) is 6.69. The smallest absolute Gasteiger partial charge is 0.0758 e. The Bertz CT molecular complexity index is 365. The number of aliphatic hydroxyl groups excluding tert-OH is 1. The second kappa shape index (κ2) is 5.85. The molecule has 2 heteroatoms. The third-order valence-corrected chi connectivity index (χ3v) is 4.04. The molecule has 102 valence electrons. The Balaban J connectivity index is 2.73. The summed E-state index contributed by atoms with van der Waals surface area (Å²) < 4.78 is 0. The van der Waals surface area contributed by atoms with Crippen LogP contribution in [0.2, 0.25) is 0 Å². The number of aliphatic hydroxyl groups is 1. The minimum Gasteiger partial charge on any atom is -0.391 e. The fourth-order valence-corrected chi connectivity index (χ4v) is 1.81. The van der Waals surface area contributed by atoms with Gasteiger partial charge in [-0.15, -0.1) is 0 Å². The molecule has 2 nitrogen and oxygen atoms in total. The van der Waals surface area contributed by atoms with Crippen molar-refractivity contribution in [3.63, 3.8) is 0 Å². The molecule has 0 saturated carbocycles. The Hall–Kier alpha value is -0.860. The molecule has 1 aromatic carbocycles. The molecular weight excluding hydrogens is 222 g/mol. The van der Waals surface area contributed by atoms with E-state index in [1.165, 1.54) is 11.1 Å². The Morgan fingerprint density at radius 1 is 1.11 bits per heavy atom. The monoisotopic (exact) mass is 249 g/mol. The van der Waals surface area contributed by atoms with Crippen LogP contribution in [-0.4, -0.2) is 35.7 Å². The van der Waals surface area contributed by atoms with Gasteiger partial charge in [0.2, 0.25) is 0 Å². The Morgan fingerprint density at radius 2 is 1.61 bits per heavy atom. The maximum absolute atomic E-state index is 10.3. The Labute approximate surface area is 112 Å². The molecule has 0 aliphatic rings. The van der Waals surface area contributed by atoms with Crippen molar-refractivity contribution < 1.29 is 5.11 Å². The molecule has 0 heterocycles. The number of nitrogens with zero attached hydrogens (tertiary/aromatic N) is 1. The highest BCUT2D eigenvalue weighted by Crippen LogP contribution is 2.21. The summed E-state index contributed by atoms with van der Waals surface area (Å²) in [4.78, 5) is 2.07. The van der Waals surface area contributed by atoms with Crippen molar-refractivity contribution in [3.8, 4) is 0 Å². The van der Waals surface area contributed by atoms with E-state index in [1.807, 2.05) is 14.1 Å². The van der Waals surface area contributed by atoms with Gasteiger partial charge in [0.1, 0.15) is 0 Å². The molecule has 0 radical (unpaired) electrons. The summed E-state index contributed by atoms with van der Waals surface area (Å²) >= 11 is 0. The third-order valence-electron chi connectivity index (χ3n) is 4.04. The van der Waals surface area contributed by atoms with Crippen molar-refractivity contribution in [3.05, 3.63) is 35.4 Å². The van der Waals surface area contributed by atoms with Gasteiger partial charge in [0.15, 0.2) is 0 Å². The molecule has 0 aliphatic carbocycles. The molecule has 0 spiro atoms. The summed E-state index contributed by atoms with van der Waals surface area (Å²) in [6.45, 7) is 8.53. The quantitative estimate of drug-likeness (QED) is 0.867. The molecule has 1 N–H and O–H groups in total. The Kier molecular flexibility index (Phi) is 4.94. The first-order chi connectivity index (χ1) is 8.25. The van der Waals surface area contributed by atoms with Crippen LogP contribution in [0.4, 0.5) is 0 Å². The summed E-state index contributed by atoms with van der Waals surface area (Å²) in [5.74, 6) is 0.558. The highest BCUT2D eigenvalue weighted by molar-refractivity contribution is 5.25. The number of likely N-dealkylation sites (N-methyl/N-ethyl adjacent to an activating group) is 1. The highest BCUT2D eigenvalue weighted by Gasteiger charge is 2.29. The van der Waals surface area contributed by atoms with Crippen LogP contribution in [0.1, 0.15) is 44.7 Å². The summed E-state index contributed by atoms with van der Waals surface area (Å²) in [5, 5.41) is 10.3. The number of rotatable bonds is 5. The number of hydrogen-bond donors (Lipinski definition) is 1. The fraction of sp³-hybridized carbons (Fsp3) is 0.625. The van der Waals surface area contributed by atoms with Crippen molar-refractivity contribution >= 4 is 0 Å². The minimum atomic E-state index is -0.364. The zero-order valence-corrected chi connectivity index (χ0v) is 12.6. The molecule has 0 aliphatic heterocycles. The largest absolute Gasteiger partial charge is 0.391 e. The average molecular weight is 249 g/mol. The van der Waals surface area contributed by atoms with Crippen LogP contribution in [0.15, 0.2) is 24.3 Å². The lowest BCUT2D eigenvalue weighted by atomic mass is 9.90. The van der Waals surface area contributed by atoms with E-state index in [2.05, 4.69) is 56.9 Å². The maximum Gasteiger partial charge on any atom is 0.0758 e. The van der Waals surface area contributed by atoms with Crippen molar-refractivity contribution in [1.82, 2.24) is 4.90 Å². The number of hydrogen-bond acceptors (Lipinski definition) is 2. The summed E-state index contributed by atoms with van der Waals surface area (Å²) in [6, 6.07) is 8.58. The predicted molar refractivity (Wildman–Crippen MR) is 78.0 cm³/mol. The zero-order chi connectivity index (χ0) is 13.9. The molecule has 1 rings (SSSR count). The van der Waals surface area contributed by atoms with E-state index < -0.39 is 0 Å². The van der Waals surface area contributed by atoms with Crippen molar-refractivity contribution in [2.24, 2.45) is 0 Å². The van der Waals surface area contributed by atoms with E-state index in [4.69, 9.17) is 0 Å². The van der Waals surface area contributed by atoms with Gasteiger partial charge >= 0.3 is 0 Å². The fourth-order valence-electron chi connectivity index (χ4n) is 1.81. The first kappa shape index (κ1) is 15.2. The summed E-state index contributed by atoms with van der Waals surface area (Å²) in [6.07, 6.45) is 0.334. The normalized spacial score (nSPS) is 14.3. The van der Waals surface area contributed by atoms with Crippen LogP contribution < -0.4 is 0 Å². The van der Waals surface area contributed by atoms with Crippen LogP contribution in [0, 0.1) is 0 Å². The van der Waals surface area contributed by atoms with Gasteiger partial charge < -0.3 is 10.0 Å². The molecule has 0 bridgehead atoms. The standard InChI is InChI=1S/C16H27NO/c1-12(2)14-9-7-13(8-10-14)11-15(18)16(3,4)17(5)6/h7-10,12,15,18H,11H2,1-6H3. The lowest BCUT2D eigenvalue weighted by Crippen LogP contribution is -2.49. The van der Waals surface area contributed by atoms with E-state index in [1.54, 1.807) is 0 Å². The molecule has 0 fully saturated rings. The van der Waals surface area contributed by atoms with Gasteiger partial charge in [-0.2, -0.15) is 0 Å². The second-order valence-electron chi connectivity index (χ2n) is 6.16. The second-order valence-corrected chi connectivity index (χ2v) is 6.16. The van der Waals surface area contributed by atoms with Gasteiger partial charge in [-0.1, -0.05) is 38.1 Å². The van der Waals surface area contributed by atoms with Gasteiger partial charge in [-0.05, 0) is 45.0 Å². The molecule has 18 heavy (non-hydrogen) atoms. The molecule has 0 saturated heterocycles. The van der Waals surface area contributed by atoms with Crippen LogP contribution in [0.25, 0.3) is 0 Å². The molecule has 1 unspecified atom stereocenters. The van der Waals surface area contributed by atoms with Gasteiger partial charge in [0.05, 0.1) is 6.10 Å². The molecular formula is C16H27NO. The summed E-state index contributed by atoms with van der Waals surface area (Å²) in [7, 11) is 4.01. The van der Waals surface area contributed by atoms with Crippen molar-refractivity contribution in [1.29, 1.82) is 0 Å².